The zero-order valence-electron chi connectivity index (χ0n) is 19.6. The minimum absolute atomic E-state index is 0.0319. The van der Waals surface area contributed by atoms with Crippen LogP contribution in [0.5, 0.6) is 0 Å². The van der Waals surface area contributed by atoms with Gasteiger partial charge in [-0.05, 0) is 86.1 Å². The van der Waals surface area contributed by atoms with Crippen LogP contribution in [0.15, 0.2) is 77.9 Å². The van der Waals surface area contributed by atoms with Gasteiger partial charge in [-0.3, -0.25) is 4.79 Å². The summed E-state index contributed by atoms with van der Waals surface area (Å²) >= 11 is 12.5. The number of hydrogen-bond donors (Lipinski definition) is 0. The Balaban J connectivity index is 1.41. The molecule has 3 aromatic rings. The van der Waals surface area contributed by atoms with Gasteiger partial charge in [0.25, 0.3) is 5.91 Å². The van der Waals surface area contributed by atoms with Crippen molar-refractivity contribution in [3.05, 3.63) is 94.0 Å². The van der Waals surface area contributed by atoms with Crippen molar-refractivity contribution in [2.45, 2.75) is 38.6 Å². The van der Waals surface area contributed by atoms with Crippen molar-refractivity contribution < 1.29 is 4.79 Å². The van der Waals surface area contributed by atoms with E-state index in [1.807, 2.05) is 25.1 Å². The summed E-state index contributed by atoms with van der Waals surface area (Å²) in [5.41, 5.74) is 4.61. The van der Waals surface area contributed by atoms with Crippen LogP contribution < -0.4 is 9.91 Å². The summed E-state index contributed by atoms with van der Waals surface area (Å²) in [6.07, 6.45) is 3.68. The Morgan fingerprint density at radius 2 is 1.74 bits per heavy atom. The normalized spacial score (nSPS) is 25.5. The predicted molar refractivity (Wildman–Crippen MR) is 144 cm³/mol. The first kappa shape index (κ1) is 22.6. The second-order valence-corrected chi connectivity index (χ2v) is 10.9. The monoisotopic (exact) mass is 503 g/mol. The molecule has 35 heavy (non-hydrogen) atoms. The van der Waals surface area contributed by atoms with Crippen LogP contribution in [0.1, 0.15) is 30.9 Å². The van der Waals surface area contributed by atoms with E-state index >= 15 is 0 Å². The number of nitrogens with zero attached hydrogens (tertiary/aromatic N) is 3. The van der Waals surface area contributed by atoms with Gasteiger partial charge >= 0.3 is 0 Å². The zero-order chi connectivity index (χ0) is 24.2. The van der Waals surface area contributed by atoms with Gasteiger partial charge in [-0.1, -0.05) is 59.6 Å². The number of halogens is 2. The molecule has 0 saturated carbocycles. The van der Waals surface area contributed by atoms with Gasteiger partial charge in [-0.15, -0.1) is 0 Å². The van der Waals surface area contributed by atoms with Gasteiger partial charge < -0.3 is 4.90 Å². The van der Waals surface area contributed by atoms with Crippen molar-refractivity contribution in [1.82, 2.24) is 0 Å². The van der Waals surface area contributed by atoms with E-state index in [-0.39, 0.29) is 11.9 Å². The molecule has 0 unspecified atom stereocenters. The van der Waals surface area contributed by atoms with Gasteiger partial charge in [0.15, 0.2) is 0 Å². The van der Waals surface area contributed by atoms with Crippen LogP contribution in [0.3, 0.4) is 0 Å². The molecule has 0 radical (unpaired) electrons. The molecule has 3 heterocycles. The number of hydrogen-bond acceptors (Lipinski definition) is 3. The summed E-state index contributed by atoms with van der Waals surface area (Å²) in [4.78, 5) is 16.7. The number of rotatable bonds is 3. The molecule has 0 N–H and O–H groups in total. The molecule has 1 spiro atoms. The first-order valence-corrected chi connectivity index (χ1v) is 13.0. The Morgan fingerprint density at radius 3 is 2.51 bits per heavy atom. The summed E-state index contributed by atoms with van der Waals surface area (Å²) in [5, 5.41) is 7.80. The third-order valence-electron chi connectivity index (χ3n) is 8.01. The van der Waals surface area contributed by atoms with Crippen molar-refractivity contribution in [3.63, 3.8) is 0 Å². The van der Waals surface area contributed by atoms with Crippen LogP contribution in [0.2, 0.25) is 10.0 Å². The van der Waals surface area contributed by atoms with E-state index in [0.717, 1.165) is 53.5 Å². The van der Waals surface area contributed by atoms with Gasteiger partial charge in [0, 0.05) is 28.3 Å². The molecule has 3 aliphatic rings. The number of anilines is 2. The minimum atomic E-state index is -0.699. The van der Waals surface area contributed by atoms with Crippen molar-refractivity contribution in [3.8, 4) is 0 Å². The summed E-state index contributed by atoms with van der Waals surface area (Å²) in [7, 11) is 0. The van der Waals surface area contributed by atoms with Gasteiger partial charge in [-0.2, -0.15) is 10.1 Å². The van der Waals surface area contributed by atoms with Crippen molar-refractivity contribution in [2.24, 2.45) is 16.4 Å². The van der Waals surface area contributed by atoms with E-state index in [4.69, 9.17) is 28.3 Å². The molecule has 0 aliphatic carbocycles. The van der Waals surface area contributed by atoms with Crippen LogP contribution in [0, 0.1) is 11.3 Å². The Bertz CT molecular complexity index is 1310. The van der Waals surface area contributed by atoms with Crippen LogP contribution in [-0.2, 0) is 17.6 Å². The fourth-order valence-electron chi connectivity index (χ4n) is 6.27. The quantitative estimate of drug-likeness (QED) is 0.394. The Hall–Kier alpha value is -2.82. The topological polar surface area (TPSA) is 35.9 Å². The third-order valence-corrected chi connectivity index (χ3v) is 8.50. The number of amides is 1. The number of carbonyl (C=O) groups excluding carboxylic acids is 1. The van der Waals surface area contributed by atoms with Crippen LogP contribution in [0.25, 0.3) is 0 Å². The lowest BCUT2D eigenvalue weighted by Crippen LogP contribution is -2.62. The molecular formula is C29H27Cl2N3O. The molecule has 6 heteroatoms. The van der Waals surface area contributed by atoms with Crippen LogP contribution in [0.4, 0.5) is 11.4 Å². The van der Waals surface area contributed by atoms with E-state index in [9.17, 15) is 4.79 Å². The Labute approximate surface area is 216 Å². The summed E-state index contributed by atoms with van der Waals surface area (Å²) < 4.78 is 0. The number of hydrazone groups is 1. The van der Waals surface area contributed by atoms with Crippen LogP contribution in [-0.4, -0.2) is 24.2 Å². The molecule has 6 rings (SSSR count). The first-order valence-electron chi connectivity index (χ1n) is 12.2. The van der Waals surface area contributed by atoms with Crippen molar-refractivity contribution >= 4 is 46.2 Å². The maximum absolute atomic E-state index is 14.3. The Kier molecular flexibility index (Phi) is 5.62. The third kappa shape index (κ3) is 3.75. The summed E-state index contributed by atoms with van der Waals surface area (Å²) in [6, 6.07) is 24.1. The highest BCUT2D eigenvalue weighted by molar-refractivity contribution is 6.31. The molecular weight excluding hydrogens is 477 g/mol. The lowest BCUT2D eigenvalue weighted by atomic mass is 9.64. The molecule has 1 amide bonds. The van der Waals surface area contributed by atoms with E-state index in [2.05, 4.69) is 47.4 Å². The smallest absolute Gasteiger partial charge is 0.261 e. The van der Waals surface area contributed by atoms with Crippen LogP contribution >= 0.6 is 23.2 Å². The fraction of sp³-hybridized carbons (Fsp3) is 0.310. The van der Waals surface area contributed by atoms with E-state index in [1.54, 1.807) is 17.1 Å². The highest BCUT2D eigenvalue weighted by atomic mass is 35.5. The molecule has 4 nitrogen and oxygen atoms in total. The average Bonchev–Trinajstić information content (AvgIpc) is 3.11. The minimum Gasteiger partial charge on any atom is -0.367 e. The number of fused-ring (bicyclic) bond motifs is 4. The molecule has 1 saturated heterocycles. The molecule has 0 aromatic heterocycles. The highest BCUT2D eigenvalue weighted by Crippen LogP contribution is 2.51. The first-order chi connectivity index (χ1) is 17.0. The van der Waals surface area contributed by atoms with Crippen molar-refractivity contribution in [2.75, 3.05) is 16.5 Å². The lowest BCUT2D eigenvalue weighted by molar-refractivity contribution is -0.125. The zero-order valence-corrected chi connectivity index (χ0v) is 21.1. The van der Waals surface area contributed by atoms with E-state index < -0.39 is 5.41 Å². The second-order valence-electron chi connectivity index (χ2n) is 9.99. The number of carbonyl (C=O) groups is 1. The van der Waals surface area contributed by atoms with Gasteiger partial charge in [0.1, 0.15) is 5.41 Å². The molecule has 3 aromatic carbocycles. The van der Waals surface area contributed by atoms with E-state index in [1.165, 1.54) is 5.56 Å². The lowest BCUT2D eigenvalue weighted by Gasteiger charge is -2.52. The molecule has 3 aliphatic heterocycles. The molecule has 178 valence electrons. The predicted octanol–water partition coefficient (Wildman–Crippen LogP) is 6.79. The average molecular weight is 504 g/mol. The number of benzene rings is 3. The fourth-order valence-corrected chi connectivity index (χ4v) is 6.56. The van der Waals surface area contributed by atoms with Gasteiger partial charge in [0.2, 0.25) is 0 Å². The van der Waals surface area contributed by atoms with Crippen molar-refractivity contribution in [1.29, 1.82) is 0 Å². The Morgan fingerprint density at radius 1 is 1.00 bits per heavy atom. The standard InChI is InChI=1S/C29H27Cl2N3O/c1-19-29(28(35)34(32-19)25-11-9-23(30)10-12-25)18-22-7-8-24(31)17-26(22)33-14-13-21(16-27(29)33)15-20-5-3-2-4-6-20/h2-12,17,21,27H,13-16,18H2,1H3/t21-,27+,29+/m0/s1. The van der Waals surface area contributed by atoms with E-state index in [0.29, 0.717) is 17.4 Å². The number of piperidine rings is 1. The molecule has 3 atom stereocenters. The molecule has 1 fully saturated rings. The largest absolute Gasteiger partial charge is 0.367 e. The van der Waals surface area contributed by atoms with Gasteiger partial charge in [0.05, 0.1) is 11.4 Å². The summed E-state index contributed by atoms with van der Waals surface area (Å²) in [6.45, 7) is 2.92. The highest BCUT2D eigenvalue weighted by Gasteiger charge is 2.59. The maximum atomic E-state index is 14.3. The summed E-state index contributed by atoms with van der Waals surface area (Å²) in [5.74, 6) is 0.551. The second kappa shape index (κ2) is 8.69. The van der Waals surface area contributed by atoms with Gasteiger partial charge in [-0.25, -0.2) is 0 Å². The molecule has 0 bridgehead atoms. The SMILES string of the molecule is CC1=NN(c2ccc(Cl)cc2)C(=O)[C@]12Cc1ccc(Cl)cc1N1CC[C@@H](Cc3ccccc3)C[C@@H]12. The maximum Gasteiger partial charge on any atom is 0.261 e.